The van der Waals surface area contributed by atoms with Gasteiger partial charge in [-0.15, -0.1) is 0 Å². The molecule has 45 heavy (non-hydrogen) atoms. The smallest absolute Gasteiger partial charge is 0.407 e. The number of hydrogen-bond acceptors (Lipinski definition) is 10. The quantitative estimate of drug-likeness (QED) is 0.209. The van der Waals surface area contributed by atoms with Gasteiger partial charge in [-0.25, -0.2) is 9.59 Å². The van der Waals surface area contributed by atoms with Gasteiger partial charge in [0.25, 0.3) is 0 Å². The first-order valence-corrected chi connectivity index (χ1v) is 14.6. The molecule has 2 atom stereocenters. The number of rotatable bonds is 13. The molecule has 0 bridgehead atoms. The zero-order valence-corrected chi connectivity index (χ0v) is 27.3. The van der Waals surface area contributed by atoms with Gasteiger partial charge >= 0.3 is 24.1 Å². The molecule has 0 unspecified atom stereocenters. The second kappa shape index (κ2) is 20.0. The van der Waals surface area contributed by atoms with E-state index in [1.807, 2.05) is 60.7 Å². The Morgan fingerprint density at radius 2 is 1.04 bits per heavy atom. The lowest BCUT2D eigenvalue weighted by Crippen LogP contribution is -2.42. The fraction of sp³-hybridized carbons (Fsp3) is 0.515. The second-order valence-corrected chi connectivity index (χ2v) is 12.0. The van der Waals surface area contributed by atoms with Crippen molar-refractivity contribution in [2.24, 2.45) is 0 Å². The lowest BCUT2D eigenvalue weighted by molar-refractivity contribution is -0.146. The van der Waals surface area contributed by atoms with Crippen LogP contribution in [0.2, 0.25) is 0 Å². The standard InChI is InChI=1S/C17H25NO5.C16H23NO5/c1-17(2,3)23-16(20)18-14(12-21-4)10-15(19)22-11-13-8-6-5-7-9-13;1-16(2,3)22-15(20)17-13(10-18)9-14(19)21-11-12-7-5-4-6-8-12/h5-9,14H,10-12H2,1-4H3,(H,18,20);4-8,13,18H,9-11H2,1-3H3,(H,17,20)/t14-;13-/m00/s1. The van der Waals surface area contributed by atoms with Crippen molar-refractivity contribution in [3.05, 3.63) is 71.8 Å². The van der Waals surface area contributed by atoms with E-state index < -0.39 is 47.4 Å². The van der Waals surface area contributed by atoms with Crippen molar-refractivity contribution in [3.8, 4) is 0 Å². The Hall–Kier alpha value is -4.16. The molecule has 12 heteroatoms. The lowest BCUT2D eigenvalue weighted by Gasteiger charge is -2.23. The molecule has 0 heterocycles. The molecule has 0 saturated heterocycles. The van der Waals surface area contributed by atoms with Crippen LogP contribution in [-0.2, 0) is 46.5 Å². The Bertz CT molecular complexity index is 1160. The first kappa shape index (κ1) is 38.9. The summed E-state index contributed by atoms with van der Waals surface area (Å²) in [7, 11) is 1.50. The van der Waals surface area contributed by atoms with Gasteiger partial charge in [0, 0.05) is 7.11 Å². The molecule has 0 aliphatic rings. The van der Waals surface area contributed by atoms with Gasteiger partial charge in [0.2, 0.25) is 0 Å². The molecule has 0 radical (unpaired) electrons. The summed E-state index contributed by atoms with van der Waals surface area (Å²) >= 11 is 0. The highest BCUT2D eigenvalue weighted by Crippen LogP contribution is 2.10. The summed E-state index contributed by atoms with van der Waals surface area (Å²) in [5.74, 6) is -0.911. The van der Waals surface area contributed by atoms with Gasteiger partial charge in [0.05, 0.1) is 38.1 Å². The van der Waals surface area contributed by atoms with Crippen molar-refractivity contribution < 1.29 is 48.0 Å². The maximum atomic E-state index is 11.9. The van der Waals surface area contributed by atoms with E-state index >= 15 is 0 Å². The molecule has 0 aliphatic carbocycles. The highest BCUT2D eigenvalue weighted by atomic mass is 16.6. The lowest BCUT2D eigenvalue weighted by atomic mass is 10.2. The molecule has 12 nitrogen and oxygen atoms in total. The first-order valence-electron chi connectivity index (χ1n) is 14.6. The topological polar surface area (TPSA) is 159 Å². The van der Waals surface area contributed by atoms with Crippen LogP contribution in [0, 0.1) is 0 Å². The van der Waals surface area contributed by atoms with Gasteiger partial charge in [-0.3, -0.25) is 9.59 Å². The Morgan fingerprint density at radius 3 is 1.40 bits per heavy atom. The molecule has 2 aromatic carbocycles. The highest BCUT2D eigenvalue weighted by molar-refractivity contribution is 5.73. The summed E-state index contributed by atoms with van der Waals surface area (Å²) < 4.78 is 25.6. The monoisotopic (exact) mass is 632 g/mol. The van der Waals surface area contributed by atoms with Crippen molar-refractivity contribution >= 4 is 24.1 Å². The number of carbonyl (C=O) groups excluding carboxylic acids is 4. The van der Waals surface area contributed by atoms with Gasteiger partial charge in [0.1, 0.15) is 24.4 Å². The van der Waals surface area contributed by atoms with E-state index in [0.29, 0.717) is 0 Å². The van der Waals surface area contributed by atoms with Gasteiger partial charge in [0.15, 0.2) is 0 Å². The number of carbonyl (C=O) groups is 4. The minimum absolute atomic E-state index is 0.0138. The molecule has 0 aliphatic heterocycles. The number of aliphatic hydroxyl groups excluding tert-OH is 1. The molecule has 0 spiro atoms. The number of amides is 2. The van der Waals surface area contributed by atoms with Crippen LogP contribution in [0.5, 0.6) is 0 Å². The van der Waals surface area contributed by atoms with Gasteiger partial charge < -0.3 is 39.4 Å². The average Bonchev–Trinajstić information content (AvgIpc) is 2.94. The number of esters is 2. The van der Waals surface area contributed by atoms with E-state index in [9.17, 15) is 24.3 Å². The number of nitrogens with one attached hydrogen (secondary N) is 2. The normalized spacial score (nSPS) is 12.4. The molecule has 2 aromatic rings. The SMILES string of the molecule is CC(C)(C)OC(=O)N[C@H](CO)CC(=O)OCc1ccccc1.COC[C@H](CC(=O)OCc1ccccc1)NC(=O)OC(C)(C)C. The maximum absolute atomic E-state index is 11.9. The summed E-state index contributed by atoms with van der Waals surface area (Å²) in [5, 5.41) is 14.3. The van der Waals surface area contributed by atoms with E-state index in [1.54, 1.807) is 41.5 Å². The molecular formula is C33H48N2O10. The van der Waals surface area contributed by atoms with Crippen molar-refractivity contribution in [1.82, 2.24) is 10.6 Å². The minimum Gasteiger partial charge on any atom is -0.461 e. The number of methoxy groups -OCH3 is 1. The van der Waals surface area contributed by atoms with E-state index in [-0.39, 0.29) is 39.3 Å². The average molecular weight is 633 g/mol. The molecule has 0 fully saturated rings. The van der Waals surface area contributed by atoms with Gasteiger partial charge in [-0.1, -0.05) is 60.7 Å². The first-order chi connectivity index (χ1) is 21.1. The predicted octanol–water partition coefficient (Wildman–Crippen LogP) is 4.67. The van der Waals surface area contributed by atoms with Crippen LogP contribution in [0.15, 0.2) is 60.7 Å². The van der Waals surface area contributed by atoms with E-state index in [1.165, 1.54) is 7.11 Å². The Balaban J connectivity index is 0.000000450. The Kier molecular flexibility index (Phi) is 17.3. The third kappa shape index (κ3) is 20.4. The molecular weight excluding hydrogens is 584 g/mol. The van der Waals surface area contributed by atoms with Crippen LogP contribution in [-0.4, -0.2) is 72.8 Å². The highest BCUT2D eigenvalue weighted by Gasteiger charge is 2.23. The molecule has 0 saturated carbocycles. The summed E-state index contributed by atoms with van der Waals surface area (Å²) in [6.07, 6.45) is -1.37. The summed E-state index contributed by atoms with van der Waals surface area (Å²) in [5.41, 5.74) is 0.536. The fourth-order valence-electron chi connectivity index (χ4n) is 3.46. The second-order valence-electron chi connectivity index (χ2n) is 12.0. The molecule has 250 valence electrons. The number of hydrogen-bond donors (Lipinski definition) is 3. The summed E-state index contributed by atoms with van der Waals surface area (Å²) in [4.78, 5) is 47.0. The Labute approximate surface area is 265 Å². The Morgan fingerprint density at radius 1 is 0.667 bits per heavy atom. The summed E-state index contributed by atoms with van der Waals surface area (Å²) in [6, 6.07) is 17.4. The molecule has 2 rings (SSSR count). The van der Waals surface area contributed by atoms with E-state index in [4.69, 9.17) is 23.7 Å². The number of alkyl carbamates (subject to hydrolysis) is 2. The van der Waals surface area contributed by atoms with Crippen LogP contribution < -0.4 is 10.6 Å². The third-order valence-electron chi connectivity index (χ3n) is 5.34. The summed E-state index contributed by atoms with van der Waals surface area (Å²) in [6.45, 7) is 10.7. The molecule has 3 N–H and O–H groups in total. The van der Waals surface area contributed by atoms with Gasteiger partial charge in [-0.05, 0) is 52.7 Å². The van der Waals surface area contributed by atoms with E-state index in [2.05, 4.69) is 10.6 Å². The fourth-order valence-corrected chi connectivity index (χ4v) is 3.46. The minimum atomic E-state index is -0.738. The van der Waals surface area contributed by atoms with Crippen molar-refractivity contribution in [2.75, 3.05) is 20.3 Å². The van der Waals surface area contributed by atoms with E-state index in [0.717, 1.165) is 11.1 Å². The van der Waals surface area contributed by atoms with Crippen LogP contribution in [0.3, 0.4) is 0 Å². The number of benzene rings is 2. The van der Waals surface area contributed by atoms with Crippen molar-refractivity contribution in [3.63, 3.8) is 0 Å². The third-order valence-corrected chi connectivity index (χ3v) is 5.34. The largest absolute Gasteiger partial charge is 0.461 e. The zero-order chi connectivity index (χ0) is 33.9. The maximum Gasteiger partial charge on any atom is 0.407 e. The van der Waals surface area contributed by atoms with Gasteiger partial charge in [-0.2, -0.15) is 0 Å². The number of aliphatic hydroxyl groups is 1. The van der Waals surface area contributed by atoms with Crippen LogP contribution in [0.25, 0.3) is 0 Å². The number of ether oxygens (including phenoxy) is 5. The predicted molar refractivity (Wildman–Crippen MR) is 167 cm³/mol. The molecule has 2 amide bonds. The van der Waals surface area contributed by atoms with Crippen LogP contribution >= 0.6 is 0 Å². The van der Waals surface area contributed by atoms with Crippen LogP contribution in [0.1, 0.15) is 65.5 Å². The molecule has 0 aromatic heterocycles. The van der Waals surface area contributed by atoms with Crippen molar-refractivity contribution in [1.29, 1.82) is 0 Å². The van der Waals surface area contributed by atoms with Crippen LogP contribution in [0.4, 0.5) is 9.59 Å². The van der Waals surface area contributed by atoms with Crippen molar-refractivity contribution in [2.45, 2.75) is 90.9 Å². The zero-order valence-electron chi connectivity index (χ0n) is 27.3.